The van der Waals surface area contributed by atoms with E-state index in [1.165, 1.54) is 0 Å². The molecule has 0 aliphatic rings. The van der Waals surface area contributed by atoms with Gasteiger partial charge in [-0.25, -0.2) is 0 Å². The van der Waals surface area contributed by atoms with Crippen molar-refractivity contribution in [2.45, 2.75) is 19.8 Å². The number of hydrogen-bond donors (Lipinski definition) is 1. The van der Waals surface area contributed by atoms with Gasteiger partial charge in [0, 0.05) is 5.70 Å². The standard InChI is InChI=1S/C7H13N/c1-3-5-6-7(8)4-2/h3-4H,1,5-6,8H2,2H3/b7-4+. The lowest BCUT2D eigenvalue weighted by atomic mass is 10.2. The Kier molecular flexibility index (Phi) is 4.04. The van der Waals surface area contributed by atoms with E-state index in [9.17, 15) is 0 Å². The Balaban J connectivity index is 3.24. The molecule has 0 aliphatic carbocycles. The first-order valence-electron chi connectivity index (χ1n) is 2.82. The maximum absolute atomic E-state index is 5.47. The summed E-state index contributed by atoms with van der Waals surface area (Å²) in [6.07, 6.45) is 5.72. The van der Waals surface area contributed by atoms with Crippen LogP contribution in [-0.2, 0) is 0 Å². The average molecular weight is 111 g/mol. The Morgan fingerprint density at radius 3 is 2.75 bits per heavy atom. The summed E-state index contributed by atoms with van der Waals surface area (Å²) in [5.41, 5.74) is 6.42. The van der Waals surface area contributed by atoms with Crippen molar-refractivity contribution in [2.75, 3.05) is 0 Å². The molecule has 0 aliphatic heterocycles. The molecule has 0 radical (unpaired) electrons. The van der Waals surface area contributed by atoms with Gasteiger partial charge in [0.15, 0.2) is 0 Å². The monoisotopic (exact) mass is 111 g/mol. The van der Waals surface area contributed by atoms with Gasteiger partial charge in [0.25, 0.3) is 0 Å². The zero-order valence-corrected chi connectivity index (χ0v) is 5.35. The van der Waals surface area contributed by atoms with Crippen LogP contribution in [-0.4, -0.2) is 0 Å². The Bertz CT molecular complexity index is 92.6. The lowest BCUT2D eigenvalue weighted by molar-refractivity contribution is 0.958. The zero-order valence-electron chi connectivity index (χ0n) is 5.35. The van der Waals surface area contributed by atoms with Crippen molar-refractivity contribution in [3.05, 3.63) is 24.4 Å². The molecule has 8 heavy (non-hydrogen) atoms. The molecule has 0 atom stereocenters. The average Bonchev–Trinajstić information content (AvgIpc) is 1.83. The second kappa shape index (κ2) is 4.44. The second-order valence-corrected chi connectivity index (χ2v) is 1.69. The third-order valence-corrected chi connectivity index (χ3v) is 1.01. The zero-order chi connectivity index (χ0) is 6.41. The molecule has 1 nitrogen and oxygen atoms in total. The highest BCUT2D eigenvalue weighted by molar-refractivity contribution is 4.94. The van der Waals surface area contributed by atoms with E-state index in [4.69, 9.17) is 5.73 Å². The predicted octanol–water partition coefficient (Wildman–Crippen LogP) is 1.82. The number of rotatable bonds is 3. The fraction of sp³-hybridized carbons (Fsp3) is 0.429. The Labute approximate surface area is 50.9 Å². The number of allylic oxidation sites excluding steroid dienone is 3. The molecule has 0 unspecified atom stereocenters. The lowest BCUT2D eigenvalue weighted by Gasteiger charge is -1.92. The van der Waals surface area contributed by atoms with Crippen LogP contribution in [0.15, 0.2) is 24.4 Å². The topological polar surface area (TPSA) is 26.0 Å². The number of hydrogen-bond acceptors (Lipinski definition) is 1. The molecular weight excluding hydrogens is 98.1 g/mol. The van der Waals surface area contributed by atoms with Crippen LogP contribution in [0.3, 0.4) is 0 Å². The Hall–Kier alpha value is -0.720. The Morgan fingerprint density at radius 1 is 1.75 bits per heavy atom. The van der Waals surface area contributed by atoms with Crippen molar-refractivity contribution < 1.29 is 0 Å². The molecule has 0 heterocycles. The van der Waals surface area contributed by atoms with Gasteiger partial charge in [-0.3, -0.25) is 0 Å². The summed E-state index contributed by atoms with van der Waals surface area (Å²) in [5, 5.41) is 0. The van der Waals surface area contributed by atoms with Crippen LogP contribution >= 0.6 is 0 Å². The van der Waals surface area contributed by atoms with Gasteiger partial charge >= 0.3 is 0 Å². The molecule has 0 aromatic rings. The summed E-state index contributed by atoms with van der Waals surface area (Å²) in [4.78, 5) is 0. The van der Waals surface area contributed by atoms with Crippen LogP contribution in [0.4, 0.5) is 0 Å². The predicted molar refractivity (Wildman–Crippen MR) is 37.4 cm³/mol. The summed E-state index contributed by atoms with van der Waals surface area (Å²) in [7, 11) is 0. The van der Waals surface area contributed by atoms with E-state index < -0.39 is 0 Å². The van der Waals surface area contributed by atoms with E-state index >= 15 is 0 Å². The van der Waals surface area contributed by atoms with E-state index in [0.29, 0.717) is 0 Å². The molecule has 0 aromatic carbocycles. The molecule has 2 N–H and O–H groups in total. The van der Waals surface area contributed by atoms with Gasteiger partial charge in [0.05, 0.1) is 0 Å². The van der Waals surface area contributed by atoms with Gasteiger partial charge in [0.1, 0.15) is 0 Å². The lowest BCUT2D eigenvalue weighted by Crippen LogP contribution is -1.94. The molecule has 0 spiro atoms. The smallest absolute Gasteiger partial charge is 0.00402 e. The maximum atomic E-state index is 5.47. The third kappa shape index (κ3) is 3.47. The van der Waals surface area contributed by atoms with Crippen molar-refractivity contribution in [2.24, 2.45) is 5.73 Å². The molecule has 0 rings (SSSR count). The summed E-state index contributed by atoms with van der Waals surface area (Å²) in [6, 6.07) is 0. The van der Waals surface area contributed by atoms with Crippen molar-refractivity contribution in [3.8, 4) is 0 Å². The van der Waals surface area contributed by atoms with E-state index in [1.54, 1.807) is 0 Å². The molecule has 0 saturated carbocycles. The molecular formula is C7H13N. The molecule has 0 amide bonds. The second-order valence-electron chi connectivity index (χ2n) is 1.69. The third-order valence-electron chi connectivity index (χ3n) is 1.01. The van der Waals surface area contributed by atoms with Gasteiger partial charge in [-0.05, 0) is 19.8 Å². The molecule has 1 heteroatoms. The largest absolute Gasteiger partial charge is 0.402 e. The van der Waals surface area contributed by atoms with E-state index in [-0.39, 0.29) is 0 Å². The van der Waals surface area contributed by atoms with Crippen LogP contribution in [0.5, 0.6) is 0 Å². The van der Waals surface area contributed by atoms with Crippen molar-refractivity contribution in [1.82, 2.24) is 0 Å². The Morgan fingerprint density at radius 2 is 2.38 bits per heavy atom. The van der Waals surface area contributed by atoms with Gasteiger partial charge in [-0.15, -0.1) is 6.58 Å². The van der Waals surface area contributed by atoms with Gasteiger partial charge in [0.2, 0.25) is 0 Å². The first kappa shape index (κ1) is 7.28. The van der Waals surface area contributed by atoms with Crippen LogP contribution in [0.2, 0.25) is 0 Å². The molecule has 46 valence electrons. The van der Waals surface area contributed by atoms with Crippen LogP contribution < -0.4 is 5.73 Å². The summed E-state index contributed by atoms with van der Waals surface area (Å²) in [5.74, 6) is 0. The fourth-order valence-electron chi connectivity index (χ4n) is 0.413. The first-order valence-corrected chi connectivity index (χ1v) is 2.82. The molecule has 0 aromatic heterocycles. The fourth-order valence-corrected chi connectivity index (χ4v) is 0.413. The van der Waals surface area contributed by atoms with Crippen LogP contribution in [0, 0.1) is 0 Å². The SMILES string of the molecule is C=CCC/C(N)=C\C. The maximum Gasteiger partial charge on any atom is 0.00402 e. The minimum absolute atomic E-state index is 0.944. The molecule has 0 bridgehead atoms. The minimum Gasteiger partial charge on any atom is -0.402 e. The van der Waals surface area contributed by atoms with E-state index in [2.05, 4.69) is 6.58 Å². The molecule has 0 fully saturated rings. The van der Waals surface area contributed by atoms with Gasteiger partial charge in [-0.1, -0.05) is 12.2 Å². The normalized spacial score (nSPS) is 11.4. The summed E-state index contributed by atoms with van der Waals surface area (Å²) >= 11 is 0. The van der Waals surface area contributed by atoms with Crippen molar-refractivity contribution >= 4 is 0 Å². The number of nitrogens with two attached hydrogens (primary N) is 1. The highest BCUT2D eigenvalue weighted by Crippen LogP contribution is 1.96. The van der Waals surface area contributed by atoms with E-state index in [0.717, 1.165) is 18.5 Å². The highest BCUT2D eigenvalue weighted by atomic mass is 14.6. The van der Waals surface area contributed by atoms with Crippen LogP contribution in [0.25, 0.3) is 0 Å². The first-order chi connectivity index (χ1) is 3.81. The van der Waals surface area contributed by atoms with E-state index in [1.807, 2.05) is 19.1 Å². The van der Waals surface area contributed by atoms with Crippen LogP contribution in [0.1, 0.15) is 19.8 Å². The van der Waals surface area contributed by atoms with Crippen molar-refractivity contribution in [1.29, 1.82) is 0 Å². The quantitative estimate of drug-likeness (QED) is 0.552. The van der Waals surface area contributed by atoms with Crippen molar-refractivity contribution in [3.63, 3.8) is 0 Å². The highest BCUT2D eigenvalue weighted by Gasteiger charge is 1.82. The molecule has 0 saturated heterocycles. The van der Waals surface area contributed by atoms with Gasteiger partial charge in [-0.2, -0.15) is 0 Å². The summed E-state index contributed by atoms with van der Waals surface area (Å²) in [6.45, 7) is 5.53. The minimum atomic E-state index is 0.944. The summed E-state index contributed by atoms with van der Waals surface area (Å²) < 4.78 is 0. The van der Waals surface area contributed by atoms with Gasteiger partial charge < -0.3 is 5.73 Å².